The highest BCUT2D eigenvalue weighted by Crippen LogP contribution is 2.31. The molecule has 2 aliphatic heterocycles. The summed E-state index contributed by atoms with van der Waals surface area (Å²) in [7, 11) is 2.08. The van der Waals surface area contributed by atoms with Gasteiger partial charge >= 0.3 is 5.56 Å². The van der Waals surface area contributed by atoms with Gasteiger partial charge in [0.25, 0.3) is 0 Å². The number of likely N-dealkylation sites (N-methyl/N-ethyl adjacent to an activating group) is 1. The van der Waals surface area contributed by atoms with E-state index < -0.39 is 5.56 Å². The highest BCUT2D eigenvalue weighted by Gasteiger charge is 2.28. The number of fused-ring (bicyclic) bond motifs is 1. The van der Waals surface area contributed by atoms with E-state index in [0.717, 1.165) is 55.8 Å². The Kier molecular flexibility index (Phi) is 8.70. The molecule has 4 aromatic rings. The van der Waals surface area contributed by atoms with E-state index in [0.29, 0.717) is 25.1 Å². The summed E-state index contributed by atoms with van der Waals surface area (Å²) in [5.74, 6) is -0.869. The lowest BCUT2D eigenvalue weighted by atomic mass is 10.1. The van der Waals surface area contributed by atoms with Crippen LogP contribution in [0.15, 0.2) is 71.7 Å². The van der Waals surface area contributed by atoms with Gasteiger partial charge in [-0.15, -0.1) is 0 Å². The molecular weight excluding hydrogens is 561 g/mol. The number of hydrogen-bond acceptors (Lipinski definition) is 7. The number of anilines is 2. The van der Waals surface area contributed by atoms with Gasteiger partial charge in [0.2, 0.25) is 11.7 Å². The summed E-state index contributed by atoms with van der Waals surface area (Å²) in [6.07, 6.45) is 4.20. The fourth-order valence-corrected chi connectivity index (χ4v) is 5.77. The molecule has 0 unspecified atom stereocenters. The average Bonchev–Trinajstić information content (AvgIpc) is 3.04. The molecule has 1 amide bonds. The number of piperazine rings is 1. The molecule has 0 aliphatic carbocycles. The fourth-order valence-electron chi connectivity index (χ4n) is 5.77. The molecule has 0 spiro atoms. The largest absolute Gasteiger partial charge is 0.481 e. The average molecular weight is 598 g/mol. The van der Waals surface area contributed by atoms with Gasteiger partial charge in [-0.2, -0.15) is 0 Å². The maximum atomic E-state index is 14.3. The first-order valence-electron chi connectivity index (χ1n) is 15.2. The molecule has 4 heterocycles. The van der Waals surface area contributed by atoms with Gasteiger partial charge in [-0.05, 0) is 55.6 Å². The number of aryl methyl sites for hydroxylation is 1. The number of ketones is 1. The van der Waals surface area contributed by atoms with E-state index in [1.165, 1.54) is 16.5 Å². The Morgan fingerprint density at radius 2 is 1.68 bits per heavy atom. The Hall–Kier alpha value is -4.57. The van der Waals surface area contributed by atoms with Crippen molar-refractivity contribution in [1.29, 1.82) is 0 Å². The number of hydrogen-bond donors (Lipinski definition) is 0. The van der Waals surface area contributed by atoms with Crippen LogP contribution in [0.4, 0.5) is 15.8 Å². The SMILES string of the molecule is CN1CCN(c2cc(N3CCCCC3=O)c3nc(C(=O)CCc4ccc(F)cc4)c(OCc4ccccc4)c(=O)n3c2)CC1. The van der Waals surface area contributed by atoms with E-state index in [-0.39, 0.29) is 47.6 Å². The first-order valence-corrected chi connectivity index (χ1v) is 15.2. The standard InChI is InChI=1S/C34H36FN5O4/c1-37-17-19-38(20-18-37)27-21-28(39-16-6-5-9-30(39)42)33-36-31(29(41)15-12-24-10-13-26(35)14-11-24)32(34(43)40(33)22-27)44-23-25-7-3-2-4-8-25/h2-4,7-8,10-11,13-14,21-22H,5-6,9,12,15-20,23H2,1H3. The molecule has 2 aromatic carbocycles. The van der Waals surface area contributed by atoms with Crippen LogP contribution in [0.5, 0.6) is 5.75 Å². The van der Waals surface area contributed by atoms with E-state index in [1.807, 2.05) is 36.4 Å². The van der Waals surface area contributed by atoms with Crippen molar-refractivity contribution in [2.24, 2.45) is 0 Å². The molecule has 9 nitrogen and oxygen atoms in total. The summed E-state index contributed by atoms with van der Waals surface area (Å²) in [5.41, 5.74) is 2.65. The van der Waals surface area contributed by atoms with Crippen LogP contribution in [0.2, 0.25) is 0 Å². The van der Waals surface area contributed by atoms with Gasteiger partial charge < -0.3 is 19.4 Å². The van der Waals surface area contributed by atoms with Crippen molar-refractivity contribution in [2.45, 2.75) is 38.7 Å². The smallest absolute Gasteiger partial charge is 0.301 e. The predicted octanol–water partition coefficient (Wildman–Crippen LogP) is 4.50. The Bertz CT molecular complexity index is 1720. The molecular formula is C34H36FN5O4. The van der Waals surface area contributed by atoms with E-state index in [4.69, 9.17) is 9.72 Å². The molecule has 0 atom stereocenters. The molecule has 228 valence electrons. The van der Waals surface area contributed by atoms with Crippen LogP contribution in [-0.4, -0.2) is 65.7 Å². The van der Waals surface area contributed by atoms with E-state index in [2.05, 4.69) is 16.8 Å². The second-order valence-electron chi connectivity index (χ2n) is 11.5. The zero-order valence-electron chi connectivity index (χ0n) is 24.9. The van der Waals surface area contributed by atoms with Crippen LogP contribution >= 0.6 is 0 Å². The molecule has 0 radical (unpaired) electrons. The Labute approximate surface area is 255 Å². The van der Waals surface area contributed by atoms with Gasteiger partial charge in [-0.25, -0.2) is 9.37 Å². The van der Waals surface area contributed by atoms with Crippen molar-refractivity contribution < 1.29 is 18.7 Å². The molecule has 10 heteroatoms. The third kappa shape index (κ3) is 6.35. The Balaban J connectivity index is 1.46. The monoisotopic (exact) mass is 597 g/mol. The third-order valence-electron chi connectivity index (χ3n) is 8.38. The van der Waals surface area contributed by atoms with Gasteiger partial charge in [0, 0.05) is 51.8 Å². The Morgan fingerprint density at radius 3 is 2.41 bits per heavy atom. The summed E-state index contributed by atoms with van der Waals surface area (Å²) in [4.78, 5) is 52.1. The minimum absolute atomic E-state index is 0.0310. The van der Waals surface area contributed by atoms with Crippen molar-refractivity contribution in [3.05, 3.63) is 99.9 Å². The van der Waals surface area contributed by atoms with Gasteiger partial charge in [0.1, 0.15) is 12.4 Å². The van der Waals surface area contributed by atoms with Gasteiger partial charge in [-0.3, -0.25) is 18.8 Å². The Morgan fingerprint density at radius 1 is 0.932 bits per heavy atom. The molecule has 2 aliphatic rings. The van der Waals surface area contributed by atoms with E-state index in [9.17, 15) is 18.8 Å². The number of nitrogens with zero attached hydrogens (tertiary/aromatic N) is 5. The molecule has 6 rings (SSSR count). The third-order valence-corrected chi connectivity index (χ3v) is 8.38. The lowest BCUT2D eigenvalue weighted by Crippen LogP contribution is -2.45. The van der Waals surface area contributed by atoms with Gasteiger partial charge in [0.15, 0.2) is 17.1 Å². The normalized spacial score (nSPS) is 16.0. The molecule has 0 saturated carbocycles. The van der Waals surface area contributed by atoms with Crippen molar-refractivity contribution in [2.75, 3.05) is 49.6 Å². The second kappa shape index (κ2) is 13.0. The number of rotatable bonds is 9. The summed E-state index contributed by atoms with van der Waals surface area (Å²) in [6.45, 7) is 3.88. The number of pyridine rings is 1. The molecule has 2 fully saturated rings. The number of piperidine rings is 1. The summed E-state index contributed by atoms with van der Waals surface area (Å²) in [6, 6.07) is 17.3. The van der Waals surface area contributed by atoms with Crippen molar-refractivity contribution >= 4 is 28.7 Å². The van der Waals surface area contributed by atoms with Crippen molar-refractivity contribution in [3.8, 4) is 5.75 Å². The first-order chi connectivity index (χ1) is 21.4. The molecule has 44 heavy (non-hydrogen) atoms. The van der Waals surface area contributed by atoms with Gasteiger partial charge in [0.05, 0.1) is 11.4 Å². The number of Topliss-reactive ketones (excluding diaryl/α,β-unsaturated/α-hetero) is 1. The highest BCUT2D eigenvalue weighted by atomic mass is 19.1. The van der Waals surface area contributed by atoms with E-state index >= 15 is 0 Å². The fraction of sp³-hybridized carbons (Fsp3) is 0.353. The molecule has 2 aromatic heterocycles. The number of benzene rings is 2. The molecule has 0 N–H and O–H groups in total. The molecule has 2 saturated heterocycles. The minimum atomic E-state index is -0.502. The maximum Gasteiger partial charge on any atom is 0.301 e. The lowest BCUT2D eigenvalue weighted by molar-refractivity contribution is -0.119. The quantitative estimate of drug-likeness (QED) is 0.263. The predicted molar refractivity (Wildman–Crippen MR) is 167 cm³/mol. The van der Waals surface area contributed by atoms with Crippen molar-refractivity contribution in [3.63, 3.8) is 0 Å². The molecule has 0 bridgehead atoms. The zero-order chi connectivity index (χ0) is 30.6. The summed E-state index contributed by atoms with van der Waals surface area (Å²) in [5, 5.41) is 0. The topological polar surface area (TPSA) is 87.5 Å². The lowest BCUT2D eigenvalue weighted by Gasteiger charge is -2.35. The summed E-state index contributed by atoms with van der Waals surface area (Å²) >= 11 is 0. The number of halogens is 1. The van der Waals surface area contributed by atoms with Crippen molar-refractivity contribution in [1.82, 2.24) is 14.3 Å². The minimum Gasteiger partial charge on any atom is -0.481 e. The number of amides is 1. The van der Waals surface area contributed by atoms with Crippen LogP contribution in [0, 0.1) is 5.82 Å². The first kappa shape index (κ1) is 29.5. The van der Waals surface area contributed by atoms with Gasteiger partial charge in [-0.1, -0.05) is 42.5 Å². The van der Waals surface area contributed by atoms with Crippen LogP contribution < -0.4 is 20.1 Å². The zero-order valence-corrected chi connectivity index (χ0v) is 24.9. The van der Waals surface area contributed by atoms with Crippen LogP contribution in [-0.2, 0) is 17.8 Å². The maximum absolute atomic E-state index is 14.3. The van der Waals surface area contributed by atoms with Crippen LogP contribution in [0.3, 0.4) is 0 Å². The summed E-state index contributed by atoms with van der Waals surface area (Å²) < 4.78 is 21.0. The number of carbonyl (C=O) groups is 2. The van der Waals surface area contributed by atoms with Crippen LogP contribution in [0.25, 0.3) is 5.65 Å². The highest BCUT2D eigenvalue weighted by molar-refractivity contribution is 6.00. The second-order valence-corrected chi connectivity index (χ2v) is 11.5. The number of carbonyl (C=O) groups excluding carboxylic acids is 2. The number of aromatic nitrogens is 2. The van der Waals surface area contributed by atoms with Crippen LogP contribution in [0.1, 0.15) is 47.3 Å². The number of ether oxygens (including phenoxy) is 1. The van der Waals surface area contributed by atoms with E-state index in [1.54, 1.807) is 23.2 Å².